The smallest absolute Gasteiger partial charge is 0.250 e. The molecule has 0 bridgehead atoms. The predicted octanol–water partition coefficient (Wildman–Crippen LogP) is 3.51. The van der Waals surface area contributed by atoms with Gasteiger partial charge in [0.1, 0.15) is 0 Å². The number of nitrogens with one attached hydrogen (secondary N) is 1. The molecule has 0 fully saturated rings. The summed E-state index contributed by atoms with van der Waals surface area (Å²) in [6, 6.07) is 9.28. The normalized spacial score (nSPS) is 12.6. The van der Waals surface area contributed by atoms with Gasteiger partial charge in [0.25, 0.3) is 5.82 Å². The Kier molecular flexibility index (Phi) is 4.14. The first-order chi connectivity index (χ1) is 9.48. The number of rotatable bonds is 3. The van der Waals surface area contributed by atoms with Crippen LogP contribution in [-0.2, 0) is 6.18 Å². The third kappa shape index (κ3) is 3.41. The summed E-state index contributed by atoms with van der Waals surface area (Å²) in [4.78, 5) is 0. The first kappa shape index (κ1) is 14.2. The van der Waals surface area contributed by atoms with Gasteiger partial charge in [-0.15, -0.1) is 5.10 Å². The van der Waals surface area contributed by atoms with E-state index in [0.29, 0.717) is 4.68 Å². The van der Waals surface area contributed by atoms with Gasteiger partial charge in [0.05, 0.1) is 0 Å². The lowest BCUT2D eigenvalue weighted by atomic mass is 10.2. The lowest BCUT2D eigenvalue weighted by Crippen LogP contribution is -2.12. The second kappa shape index (κ2) is 5.83. The molecular weight excluding hydrogens is 289 g/mol. The van der Waals surface area contributed by atoms with Crippen LogP contribution in [-0.4, -0.2) is 21.1 Å². The molecule has 0 saturated heterocycles. The number of aromatic nitrogens is 3. The van der Waals surface area contributed by atoms with Crippen LogP contribution in [0.4, 0.5) is 13.2 Å². The zero-order valence-corrected chi connectivity index (χ0v) is 10.8. The minimum atomic E-state index is -4.62. The molecule has 0 aliphatic carbocycles. The van der Waals surface area contributed by atoms with Crippen LogP contribution < -0.4 is 0 Å². The summed E-state index contributed by atoms with van der Waals surface area (Å²) in [5.41, 5.74) is 0.908. The first-order valence-corrected chi connectivity index (χ1v) is 5.90. The van der Waals surface area contributed by atoms with Crippen LogP contribution in [0, 0.1) is 4.77 Å². The lowest BCUT2D eigenvalue weighted by molar-refractivity contribution is -0.147. The predicted molar refractivity (Wildman–Crippen MR) is 71.8 cm³/mol. The van der Waals surface area contributed by atoms with Crippen molar-refractivity contribution in [3.63, 3.8) is 0 Å². The van der Waals surface area contributed by atoms with Crippen molar-refractivity contribution < 1.29 is 13.2 Å². The summed E-state index contributed by atoms with van der Waals surface area (Å²) in [6.07, 6.45) is -0.174. The maximum absolute atomic E-state index is 12.6. The third-order valence-corrected chi connectivity index (χ3v) is 2.52. The fraction of sp³-hybridized carbons (Fsp3) is 0.0833. The third-order valence-electron chi connectivity index (χ3n) is 2.26. The number of halogens is 3. The Bertz CT molecular complexity index is 683. The highest BCUT2D eigenvalue weighted by Crippen LogP contribution is 2.27. The average Bonchev–Trinajstić information content (AvgIpc) is 2.77. The van der Waals surface area contributed by atoms with Gasteiger partial charge >= 0.3 is 6.18 Å². The van der Waals surface area contributed by atoms with Gasteiger partial charge in [0, 0.05) is 6.21 Å². The molecule has 0 saturated carbocycles. The van der Waals surface area contributed by atoms with Crippen LogP contribution in [0.5, 0.6) is 0 Å². The number of allylic oxidation sites excluding steroid dienone is 1. The molecule has 1 heterocycles. The molecule has 0 aliphatic rings. The van der Waals surface area contributed by atoms with E-state index in [0.717, 1.165) is 5.56 Å². The van der Waals surface area contributed by atoms with E-state index in [1.165, 1.54) is 12.3 Å². The molecule has 20 heavy (non-hydrogen) atoms. The molecule has 2 rings (SSSR count). The zero-order chi connectivity index (χ0) is 14.6. The van der Waals surface area contributed by atoms with E-state index >= 15 is 0 Å². The van der Waals surface area contributed by atoms with Gasteiger partial charge in [0.2, 0.25) is 4.77 Å². The number of alkyl halides is 3. The molecule has 1 N–H and O–H groups in total. The number of benzene rings is 1. The molecule has 104 valence electrons. The van der Waals surface area contributed by atoms with Gasteiger partial charge in [-0.1, -0.05) is 36.4 Å². The maximum atomic E-state index is 12.6. The van der Waals surface area contributed by atoms with Crippen molar-refractivity contribution in [2.24, 2.45) is 5.10 Å². The van der Waals surface area contributed by atoms with Gasteiger partial charge in [-0.05, 0) is 23.9 Å². The molecule has 0 radical (unpaired) electrons. The van der Waals surface area contributed by atoms with Crippen LogP contribution >= 0.6 is 12.2 Å². The minimum absolute atomic E-state index is 0.221. The summed E-state index contributed by atoms with van der Waals surface area (Å²) in [5, 5.41) is 8.80. The molecule has 1 aromatic heterocycles. The van der Waals surface area contributed by atoms with Gasteiger partial charge in [0.15, 0.2) is 0 Å². The molecule has 0 amide bonds. The highest BCUT2D eigenvalue weighted by atomic mass is 32.1. The number of nitrogens with zero attached hydrogens (tertiary/aromatic N) is 3. The van der Waals surface area contributed by atoms with Gasteiger partial charge < -0.3 is 0 Å². The number of hydrogen-bond acceptors (Lipinski definition) is 3. The molecule has 1 aromatic carbocycles. The standard InChI is InChI=1S/C12H9F3N4S/c13-12(14,15)10-17-18-11(20)19(10)16-8-4-7-9-5-2-1-3-6-9/h1-8H,(H,18,20)/b7-4-,16-8-. The van der Waals surface area contributed by atoms with Crippen LogP contribution in [0.2, 0.25) is 0 Å². The van der Waals surface area contributed by atoms with Crippen LogP contribution in [0.1, 0.15) is 11.4 Å². The van der Waals surface area contributed by atoms with Gasteiger partial charge in [-0.3, -0.25) is 0 Å². The summed E-state index contributed by atoms with van der Waals surface area (Å²) in [7, 11) is 0. The molecule has 0 spiro atoms. The Balaban J connectivity index is 2.19. The molecule has 0 atom stereocenters. The van der Waals surface area contributed by atoms with Crippen molar-refractivity contribution >= 4 is 24.5 Å². The SMILES string of the molecule is FC(F)(F)c1n[nH]c(=S)n1/N=C\C=C/c1ccccc1. The maximum Gasteiger partial charge on any atom is 0.453 e. The van der Waals surface area contributed by atoms with Crippen molar-refractivity contribution in [3.8, 4) is 0 Å². The van der Waals surface area contributed by atoms with Gasteiger partial charge in [-0.2, -0.15) is 22.9 Å². The molecule has 8 heteroatoms. The summed E-state index contributed by atoms with van der Waals surface area (Å²) >= 11 is 4.69. The van der Waals surface area contributed by atoms with E-state index in [-0.39, 0.29) is 4.77 Å². The topological polar surface area (TPSA) is 46.0 Å². The first-order valence-electron chi connectivity index (χ1n) is 5.49. The Hall–Kier alpha value is -2.22. The van der Waals surface area contributed by atoms with E-state index in [9.17, 15) is 13.2 Å². The van der Waals surface area contributed by atoms with E-state index in [4.69, 9.17) is 12.2 Å². The summed E-state index contributed by atoms with van der Waals surface area (Å²) < 4.78 is 38.1. The average molecular weight is 298 g/mol. The largest absolute Gasteiger partial charge is 0.453 e. The second-order valence-corrected chi connectivity index (χ2v) is 4.08. The van der Waals surface area contributed by atoms with E-state index in [2.05, 4.69) is 15.3 Å². The number of H-pyrrole nitrogens is 1. The van der Waals surface area contributed by atoms with Crippen molar-refractivity contribution in [3.05, 3.63) is 52.6 Å². The molecule has 0 unspecified atom stereocenters. The molecule has 4 nitrogen and oxygen atoms in total. The molecule has 2 aromatic rings. The Labute approximate surface area is 117 Å². The van der Waals surface area contributed by atoms with Crippen molar-refractivity contribution in [2.75, 3.05) is 0 Å². The number of aromatic amines is 1. The Morgan fingerprint density at radius 2 is 1.95 bits per heavy atom. The quantitative estimate of drug-likeness (QED) is 0.696. The Morgan fingerprint density at radius 3 is 2.60 bits per heavy atom. The van der Waals surface area contributed by atoms with E-state index in [1.54, 1.807) is 6.08 Å². The van der Waals surface area contributed by atoms with Crippen LogP contribution in [0.3, 0.4) is 0 Å². The number of hydrogen-bond donors (Lipinski definition) is 1. The van der Waals surface area contributed by atoms with Crippen LogP contribution in [0.15, 0.2) is 41.5 Å². The molecular formula is C12H9F3N4S. The lowest BCUT2D eigenvalue weighted by Gasteiger charge is -2.03. The van der Waals surface area contributed by atoms with Crippen molar-refractivity contribution in [2.45, 2.75) is 6.18 Å². The zero-order valence-electron chi connectivity index (χ0n) is 10.0. The summed E-state index contributed by atoms with van der Waals surface area (Å²) in [6.45, 7) is 0. The minimum Gasteiger partial charge on any atom is -0.250 e. The highest BCUT2D eigenvalue weighted by Gasteiger charge is 2.37. The van der Waals surface area contributed by atoms with E-state index in [1.807, 2.05) is 30.3 Å². The van der Waals surface area contributed by atoms with Gasteiger partial charge in [-0.25, -0.2) is 5.10 Å². The monoisotopic (exact) mass is 298 g/mol. The Morgan fingerprint density at radius 1 is 1.25 bits per heavy atom. The molecule has 0 aliphatic heterocycles. The van der Waals surface area contributed by atoms with Crippen molar-refractivity contribution in [1.29, 1.82) is 0 Å². The fourth-order valence-electron chi connectivity index (χ4n) is 1.41. The van der Waals surface area contributed by atoms with Crippen molar-refractivity contribution in [1.82, 2.24) is 14.9 Å². The fourth-order valence-corrected chi connectivity index (χ4v) is 1.58. The second-order valence-electron chi connectivity index (χ2n) is 3.70. The van der Waals surface area contributed by atoms with E-state index < -0.39 is 12.0 Å². The highest BCUT2D eigenvalue weighted by molar-refractivity contribution is 7.71. The summed E-state index contributed by atoms with van der Waals surface area (Å²) in [5.74, 6) is -1.19. The van der Waals surface area contributed by atoms with Crippen LogP contribution in [0.25, 0.3) is 6.08 Å².